The largest absolute Gasteiger partial charge is 0.508 e. The molecule has 6 heteroatoms. The molecule has 0 spiro atoms. The second kappa shape index (κ2) is 3.58. The van der Waals surface area contributed by atoms with E-state index in [1.165, 1.54) is 12.1 Å². The van der Waals surface area contributed by atoms with Gasteiger partial charge >= 0.3 is 5.76 Å². The van der Waals surface area contributed by atoms with Gasteiger partial charge in [-0.1, -0.05) is 0 Å². The Balaban J connectivity index is 2.48. The highest BCUT2D eigenvalue weighted by Gasteiger charge is 2.16. The normalized spacial score (nSPS) is 10.2. The van der Waals surface area contributed by atoms with Gasteiger partial charge in [-0.25, -0.2) is 4.79 Å². The smallest absolute Gasteiger partial charge is 0.416 e. The first-order valence-corrected chi connectivity index (χ1v) is 4.32. The summed E-state index contributed by atoms with van der Waals surface area (Å²) in [6.07, 6.45) is 0.953. The van der Waals surface area contributed by atoms with Crippen molar-refractivity contribution < 1.29 is 19.4 Å². The van der Waals surface area contributed by atoms with E-state index in [-0.39, 0.29) is 22.8 Å². The van der Waals surface area contributed by atoms with Gasteiger partial charge in [-0.15, -0.1) is 0 Å². The molecule has 6 nitrogen and oxygen atoms in total. The molecule has 0 saturated carbocycles. The van der Waals surface area contributed by atoms with Crippen LogP contribution in [-0.4, -0.2) is 21.0 Å². The highest BCUT2D eigenvalue weighted by Crippen LogP contribution is 2.23. The SMILES string of the molecule is O=C(c1coc(=O)[nH]1)c1cc(O)ccc1O. The molecule has 0 aliphatic carbocycles. The van der Waals surface area contributed by atoms with E-state index < -0.39 is 11.5 Å². The van der Waals surface area contributed by atoms with Crippen molar-refractivity contribution in [3.8, 4) is 11.5 Å². The maximum atomic E-state index is 11.7. The minimum absolute atomic E-state index is 0.0918. The van der Waals surface area contributed by atoms with Crippen molar-refractivity contribution in [1.82, 2.24) is 4.98 Å². The molecule has 0 saturated heterocycles. The Hall–Kier alpha value is -2.50. The number of ketones is 1. The highest BCUT2D eigenvalue weighted by molar-refractivity contribution is 6.09. The molecule has 0 bridgehead atoms. The number of carbonyl (C=O) groups excluding carboxylic acids is 1. The monoisotopic (exact) mass is 221 g/mol. The standard InChI is InChI=1S/C10H7NO5/c12-5-1-2-8(13)6(3-5)9(14)7-4-16-10(15)11-7/h1-4,12-13H,(H,11,15). The van der Waals surface area contributed by atoms with Crippen molar-refractivity contribution in [2.45, 2.75) is 0 Å². The van der Waals surface area contributed by atoms with Crippen molar-refractivity contribution in [1.29, 1.82) is 0 Å². The van der Waals surface area contributed by atoms with Crippen molar-refractivity contribution in [2.75, 3.05) is 0 Å². The van der Waals surface area contributed by atoms with Crippen LogP contribution in [0.2, 0.25) is 0 Å². The molecule has 0 amide bonds. The van der Waals surface area contributed by atoms with Crippen LogP contribution in [0.4, 0.5) is 0 Å². The number of benzene rings is 1. The second-order valence-corrected chi connectivity index (χ2v) is 3.09. The Morgan fingerprint density at radius 3 is 2.69 bits per heavy atom. The number of aromatic hydroxyl groups is 2. The lowest BCUT2D eigenvalue weighted by Crippen LogP contribution is -2.05. The molecule has 0 aliphatic rings. The van der Waals surface area contributed by atoms with Crippen LogP contribution in [0.3, 0.4) is 0 Å². The average molecular weight is 221 g/mol. The molecule has 0 aliphatic heterocycles. The van der Waals surface area contributed by atoms with E-state index >= 15 is 0 Å². The number of phenols is 2. The van der Waals surface area contributed by atoms with Gasteiger partial charge in [-0.2, -0.15) is 0 Å². The van der Waals surface area contributed by atoms with Gasteiger partial charge in [0.2, 0.25) is 5.78 Å². The first-order chi connectivity index (χ1) is 7.58. The topological polar surface area (TPSA) is 104 Å². The minimum atomic E-state index is -0.761. The summed E-state index contributed by atoms with van der Waals surface area (Å²) in [7, 11) is 0. The van der Waals surface area contributed by atoms with Crippen LogP contribution in [0, 0.1) is 0 Å². The van der Waals surface area contributed by atoms with Crippen LogP contribution in [-0.2, 0) is 0 Å². The molecule has 2 rings (SSSR count). The van der Waals surface area contributed by atoms with Gasteiger partial charge in [0.1, 0.15) is 23.5 Å². The average Bonchev–Trinajstić information content (AvgIpc) is 2.67. The lowest BCUT2D eigenvalue weighted by Gasteiger charge is -2.01. The lowest BCUT2D eigenvalue weighted by atomic mass is 10.1. The zero-order valence-electron chi connectivity index (χ0n) is 7.93. The number of oxazole rings is 1. The fraction of sp³-hybridized carbons (Fsp3) is 0. The predicted molar refractivity (Wildman–Crippen MR) is 52.5 cm³/mol. The predicted octanol–water partition coefficient (Wildman–Crippen LogP) is 0.610. The Labute approximate surface area is 88.8 Å². The molecule has 0 radical (unpaired) electrons. The van der Waals surface area contributed by atoms with E-state index in [1.54, 1.807) is 0 Å². The maximum absolute atomic E-state index is 11.7. The summed E-state index contributed by atoms with van der Waals surface area (Å²) in [5, 5.41) is 18.6. The molecule has 82 valence electrons. The molecular weight excluding hydrogens is 214 g/mol. The van der Waals surface area contributed by atoms with E-state index in [0.717, 1.165) is 12.3 Å². The molecule has 1 aromatic heterocycles. The first-order valence-electron chi connectivity index (χ1n) is 4.32. The number of aromatic amines is 1. The number of aromatic nitrogens is 1. The summed E-state index contributed by atoms with van der Waals surface area (Å²) < 4.78 is 4.40. The molecule has 1 heterocycles. The Bertz CT molecular complexity index is 595. The van der Waals surface area contributed by atoms with Crippen molar-refractivity contribution in [3.05, 3.63) is 46.3 Å². The third-order valence-electron chi connectivity index (χ3n) is 1.99. The van der Waals surface area contributed by atoms with Crippen molar-refractivity contribution >= 4 is 5.78 Å². The summed E-state index contributed by atoms with van der Waals surface area (Å²) in [4.78, 5) is 24.6. The molecule has 16 heavy (non-hydrogen) atoms. The minimum Gasteiger partial charge on any atom is -0.508 e. The van der Waals surface area contributed by atoms with E-state index in [2.05, 4.69) is 9.40 Å². The van der Waals surface area contributed by atoms with Crippen LogP contribution in [0.15, 0.2) is 33.7 Å². The quantitative estimate of drug-likeness (QED) is 0.509. The summed E-state index contributed by atoms with van der Waals surface area (Å²) in [5.74, 6) is -1.85. The van der Waals surface area contributed by atoms with Gasteiger partial charge in [0.05, 0.1) is 5.56 Å². The molecular formula is C10H7NO5. The molecule has 0 unspecified atom stereocenters. The van der Waals surface area contributed by atoms with Crippen LogP contribution < -0.4 is 5.76 Å². The van der Waals surface area contributed by atoms with Crippen molar-refractivity contribution in [3.63, 3.8) is 0 Å². The Kier molecular flexibility index (Phi) is 2.24. The molecule has 3 N–H and O–H groups in total. The van der Waals surface area contributed by atoms with Gasteiger partial charge in [0, 0.05) is 0 Å². The fourth-order valence-electron chi connectivity index (χ4n) is 1.24. The van der Waals surface area contributed by atoms with E-state index in [0.29, 0.717) is 0 Å². The lowest BCUT2D eigenvalue weighted by molar-refractivity contribution is 0.103. The number of hydrogen-bond acceptors (Lipinski definition) is 5. The van der Waals surface area contributed by atoms with Crippen LogP contribution >= 0.6 is 0 Å². The van der Waals surface area contributed by atoms with E-state index in [4.69, 9.17) is 0 Å². The number of phenolic OH excluding ortho intramolecular Hbond substituents is 2. The number of rotatable bonds is 2. The maximum Gasteiger partial charge on any atom is 0.416 e. The fourth-order valence-corrected chi connectivity index (χ4v) is 1.24. The number of nitrogens with one attached hydrogen (secondary N) is 1. The summed E-state index contributed by atoms with van der Waals surface area (Å²) in [6.45, 7) is 0. The van der Waals surface area contributed by atoms with Crippen molar-refractivity contribution in [2.24, 2.45) is 0 Å². The third kappa shape index (κ3) is 1.68. The molecule has 0 atom stereocenters. The first kappa shape index (κ1) is 10.0. The Morgan fingerprint density at radius 2 is 2.06 bits per heavy atom. The van der Waals surface area contributed by atoms with Gasteiger partial charge < -0.3 is 14.6 Å². The molecule has 1 aromatic carbocycles. The van der Waals surface area contributed by atoms with Gasteiger partial charge in [0.15, 0.2) is 0 Å². The summed E-state index contributed by atoms with van der Waals surface area (Å²) >= 11 is 0. The summed E-state index contributed by atoms with van der Waals surface area (Å²) in [5.41, 5.74) is -0.206. The van der Waals surface area contributed by atoms with Gasteiger partial charge in [-0.05, 0) is 18.2 Å². The number of carbonyl (C=O) groups is 1. The zero-order valence-corrected chi connectivity index (χ0v) is 7.93. The van der Waals surface area contributed by atoms with E-state index in [9.17, 15) is 19.8 Å². The number of H-pyrrole nitrogens is 1. The summed E-state index contributed by atoms with van der Waals surface area (Å²) in [6, 6.07) is 3.52. The van der Waals surface area contributed by atoms with Crippen LogP contribution in [0.1, 0.15) is 16.1 Å². The zero-order chi connectivity index (χ0) is 11.7. The van der Waals surface area contributed by atoms with E-state index in [1.807, 2.05) is 0 Å². The van der Waals surface area contributed by atoms with Crippen LogP contribution in [0.25, 0.3) is 0 Å². The second-order valence-electron chi connectivity index (χ2n) is 3.09. The molecule has 0 fully saturated rings. The van der Waals surface area contributed by atoms with Gasteiger partial charge in [0.25, 0.3) is 0 Å². The Morgan fingerprint density at radius 1 is 1.31 bits per heavy atom. The molecule has 2 aromatic rings. The van der Waals surface area contributed by atoms with Crippen LogP contribution in [0.5, 0.6) is 11.5 Å². The third-order valence-corrected chi connectivity index (χ3v) is 1.99. The number of hydrogen-bond donors (Lipinski definition) is 3. The van der Waals surface area contributed by atoms with Gasteiger partial charge in [-0.3, -0.25) is 9.78 Å². The highest BCUT2D eigenvalue weighted by atomic mass is 16.4.